The van der Waals surface area contributed by atoms with Gasteiger partial charge in [-0.15, -0.1) is 0 Å². The predicted molar refractivity (Wildman–Crippen MR) is 107 cm³/mol. The Labute approximate surface area is 168 Å². The maximum Gasteiger partial charge on any atom is 0.297 e. The molecule has 8 nitrogen and oxygen atoms in total. The number of benzene rings is 1. The summed E-state index contributed by atoms with van der Waals surface area (Å²) in [6.45, 7) is 9.43. The molecule has 0 unspecified atom stereocenters. The Kier molecular flexibility index (Phi) is 11.6. The van der Waals surface area contributed by atoms with Crippen LogP contribution in [-0.4, -0.2) is 73.9 Å². The van der Waals surface area contributed by atoms with Gasteiger partial charge in [-0.3, -0.25) is 4.18 Å². The highest BCUT2D eigenvalue weighted by molar-refractivity contribution is 7.86. The van der Waals surface area contributed by atoms with Gasteiger partial charge in [-0.1, -0.05) is 0 Å². The predicted octanol–water partition coefficient (Wildman–Crippen LogP) is 2.30. The molecule has 1 rings (SSSR count). The number of ether oxygens (including phenoxy) is 4. The molecule has 0 bridgehead atoms. The second kappa shape index (κ2) is 13.1. The fourth-order valence-corrected chi connectivity index (χ4v) is 3.29. The zero-order chi connectivity index (χ0) is 20.9. The third-order valence-electron chi connectivity index (χ3n) is 3.25. The molecule has 1 aromatic carbocycles. The van der Waals surface area contributed by atoms with Crippen molar-refractivity contribution in [2.45, 2.75) is 31.3 Å². The van der Waals surface area contributed by atoms with Crippen LogP contribution >= 0.6 is 0 Å². The summed E-state index contributed by atoms with van der Waals surface area (Å²) >= 11 is 0. The molecule has 9 heteroatoms. The van der Waals surface area contributed by atoms with Crippen LogP contribution in [0.2, 0.25) is 0 Å². The van der Waals surface area contributed by atoms with Crippen molar-refractivity contribution in [3.05, 3.63) is 24.3 Å². The fraction of sp³-hybridized carbons (Fsp3) is 0.684. The molecule has 0 aliphatic heterocycles. The molecule has 0 heterocycles. The topological polar surface area (TPSA) is 92.3 Å². The van der Waals surface area contributed by atoms with Gasteiger partial charge in [-0.05, 0) is 45.0 Å². The average Bonchev–Trinajstić information content (AvgIpc) is 2.61. The number of rotatable bonds is 15. The highest BCUT2D eigenvalue weighted by Gasteiger charge is 2.23. The van der Waals surface area contributed by atoms with Gasteiger partial charge in [0.1, 0.15) is 0 Å². The molecular weight excluding hydrogens is 386 g/mol. The molecule has 28 heavy (non-hydrogen) atoms. The van der Waals surface area contributed by atoms with Crippen LogP contribution in [0.1, 0.15) is 20.8 Å². The third-order valence-corrected chi connectivity index (χ3v) is 4.82. The monoisotopic (exact) mass is 419 g/mol. The summed E-state index contributed by atoms with van der Waals surface area (Å²) in [5, 5.41) is 3.17. The molecule has 0 fully saturated rings. The zero-order valence-electron chi connectivity index (χ0n) is 17.2. The van der Waals surface area contributed by atoms with E-state index in [1.165, 1.54) is 12.1 Å². The highest BCUT2D eigenvalue weighted by Crippen LogP contribution is 2.21. The number of nitrogens with one attached hydrogen (secondary N) is 1. The Balaban J connectivity index is 2.13. The minimum Gasteiger partial charge on any atom is -0.383 e. The molecule has 0 spiro atoms. The van der Waals surface area contributed by atoms with Gasteiger partial charge in [-0.2, -0.15) is 8.42 Å². The third kappa shape index (κ3) is 11.6. The first-order valence-electron chi connectivity index (χ1n) is 9.26. The molecule has 0 aliphatic carbocycles. The molecule has 0 amide bonds. The van der Waals surface area contributed by atoms with E-state index in [9.17, 15) is 8.42 Å². The largest absolute Gasteiger partial charge is 0.383 e. The average molecular weight is 420 g/mol. The summed E-state index contributed by atoms with van der Waals surface area (Å²) < 4.78 is 50.4. The van der Waals surface area contributed by atoms with E-state index in [1.54, 1.807) is 40.0 Å². The van der Waals surface area contributed by atoms with E-state index in [1.807, 2.05) is 0 Å². The first kappa shape index (κ1) is 24.8. The highest BCUT2D eigenvalue weighted by atomic mass is 32.2. The summed E-state index contributed by atoms with van der Waals surface area (Å²) in [6, 6.07) is 6.44. The van der Waals surface area contributed by atoms with Crippen LogP contribution in [-0.2, 0) is 33.2 Å². The summed E-state index contributed by atoms with van der Waals surface area (Å²) in [6.07, 6.45) is 0. The smallest absolute Gasteiger partial charge is 0.297 e. The van der Waals surface area contributed by atoms with Crippen LogP contribution in [0.5, 0.6) is 0 Å². The Bertz CT molecular complexity index is 627. The Morgan fingerprint density at radius 1 is 0.821 bits per heavy atom. The van der Waals surface area contributed by atoms with E-state index in [0.29, 0.717) is 52.8 Å². The fourth-order valence-electron chi connectivity index (χ4n) is 2.07. The molecular formula is C19H33NO7S. The van der Waals surface area contributed by atoms with Crippen molar-refractivity contribution in [3.63, 3.8) is 0 Å². The van der Waals surface area contributed by atoms with Crippen molar-refractivity contribution >= 4 is 15.8 Å². The molecule has 0 atom stereocenters. The summed E-state index contributed by atoms with van der Waals surface area (Å²) in [7, 11) is -2.13. The van der Waals surface area contributed by atoms with E-state index in [-0.39, 0.29) is 4.90 Å². The SMILES string of the molecule is COCCOCCOCCOCCNc1ccc(S(=O)(=O)OC(C)(C)C)cc1. The Hall–Kier alpha value is -1.23. The normalized spacial score (nSPS) is 12.3. The Morgan fingerprint density at radius 2 is 1.32 bits per heavy atom. The van der Waals surface area contributed by atoms with Crippen LogP contribution in [0.25, 0.3) is 0 Å². The van der Waals surface area contributed by atoms with Gasteiger partial charge in [0.15, 0.2) is 0 Å². The van der Waals surface area contributed by atoms with Gasteiger partial charge in [-0.25, -0.2) is 0 Å². The number of anilines is 1. The van der Waals surface area contributed by atoms with Crippen LogP contribution in [0.15, 0.2) is 29.2 Å². The molecule has 0 aliphatic rings. The van der Waals surface area contributed by atoms with Crippen molar-refractivity contribution in [3.8, 4) is 0 Å². The van der Waals surface area contributed by atoms with E-state index in [4.69, 9.17) is 23.1 Å². The van der Waals surface area contributed by atoms with Crippen molar-refractivity contribution in [2.24, 2.45) is 0 Å². The van der Waals surface area contributed by atoms with Crippen LogP contribution in [0.4, 0.5) is 5.69 Å². The lowest BCUT2D eigenvalue weighted by Crippen LogP contribution is -2.24. The van der Waals surface area contributed by atoms with E-state index in [2.05, 4.69) is 5.32 Å². The Morgan fingerprint density at radius 3 is 1.82 bits per heavy atom. The van der Waals surface area contributed by atoms with E-state index in [0.717, 1.165) is 5.69 Å². The molecule has 0 aromatic heterocycles. The lowest BCUT2D eigenvalue weighted by atomic mass is 10.2. The van der Waals surface area contributed by atoms with Gasteiger partial charge in [0.2, 0.25) is 0 Å². The summed E-state index contributed by atoms with van der Waals surface area (Å²) in [4.78, 5) is 0.132. The second-order valence-electron chi connectivity index (χ2n) is 6.93. The maximum atomic E-state index is 12.1. The minimum absolute atomic E-state index is 0.132. The van der Waals surface area contributed by atoms with Crippen LogP contribution < -0.4 is 5.32 Å². The summed E-state index contributed by atoms with van der Waals surface area (Å²) in [5.74, 6) is 0. The van der Waals surface area contributed by atoms with Crippen LogP contribution in [0.3, 0.4) is 0 Å². The standard InChI is InChI=1S/C19H33NO7S/c1-19(2,3)27-28(21,22)18-7-5-17(6-8-18)20-9-10-24-13-14-26-16-15-25-12-11-23-4/h5-8,20H,9-16H2,1-4H3. The lowest BCUT2D eigenvalue weighted by molar-refractivity contribution is 0.00495. The molecule has 1 aromatic rings. The van der Waals surface area contributed by atoms with Gasteiger partial charge in [0.05, 0.1) is 56.7 Å². The van der Waals surface area contributed by atoms with Crippen molar-refractivity contribution in [1.82, 2.24) is 0 Å². The first-order valence-corrected chi connectivity index (χ1v) is 10.7. The zero-order valence-corrected chi connectivity index (χ0v) is 18.0. The van der Waals surface area contributed by atoms with Crippen LogP contribution in [0, 0.1) is 0 Å². The van der Waals surface area contributed by atoms with E-state index >= 15 is 0 Å². The van der Waals surface area contributed by atoms with E-state index < -0.39 is 15.7 Å². The number of methoxy groups -OCH3 is 1. The first-order chi connectivity index (χ1) is 13.2. The van der Waals surface area contributed by atoms with Crippen molar-refractivity contribution in [1.29, 1.82) is 0 Å². The molecule has 0 saturated heterocycles. The number of hydrogen-bond donors (Lipinski definition) is 1. The van der Waals surface area contributed by atoms with Crippen molar-refractivity contribution in [2.75, 3.05) is 65.2 Å². The number of hydrogen-bond acceptors (Lipinski definition) is 8. The summed E-state index contributed by atoms with van der Waals surface area (Å²) in [5.41, 5.74) is 0.0381. The quantitative estimate of drug-likeness (QED) is 0.342. The maximum absolute atomic E-state index is 12.1. The molecule has 0 radical (unpaired) electrons. The van der Waals surface area contributed by atoms with Gasteiger partial charge < -0.3 is 24.3 Å². The second-order valence-corrected chi connectivity index (χ2v) is 8.48. The van der Waals surface area contributed by atoms with Gasteiger partial charge in [0.25, 0.3) is 10.1 Å². The molecule has 162 valence electrons. The van der Waals surface area contributed by atoms with Gasteiger partial charge in [0, 0.05) is 19.3 Å². The molecule has 1 N–H and O–H groups in total. The van der Waals surface area contributed by atoms with Gasteiger partial charge >= 0.3 is 0 Å². The lowest BCUT2D eigenvalue weighted by Gasteiger charge is -2.18. The van der Waals surface area contributed by atoms with Crippen molar-refractivity contribution < 1.29 is 31.5 Å². The minimum atomic E-state index is -3.76. The molecule has 0 saturated carbocycles.